The van der Waals surface area contributed by atoms with Crippen molar-refractivity contribution in [1.82, 2.24) is 10.2 Å². The molecule has 0 spiro atoms. The number of nitrogens with one attached hydrogen (secondary N) is 1. The highest BCUT2D eigenvalue weighted by molar-refractivity contribution is 5.87. The molecule has 0 amide bonds. The molecular weight excluding hydrogens is 230 g/mol. The van der Waals surface area contributed by atoms with Crippen LogP contribution in [0.4, 0.5) is 0 Å². The molecule has 5 nitrogen and oxygen atoms in total. The summed E-state index contributed by atoms with van der Waals surface area (Å²) in [5.74, 6) is 0.847. The first-order valence-electron chi connectivity index (χ1n) is 6.20. The van der Waals surface area contributed by atoms with Gasteiger partial charge in [-0.1, -0.05) is 0 Å². The lowest BCUT2D eigenvalue weighted by Gasteiger charge is -2.22. The van der Waals surface area contributed by atoms with Crippen molar-refractivity contribution in [2.45, 2.75) is 31.9 Å². The van der Waals surface area contributed by atoms with Crippen LogP contribution in [0.25, 0.3) is 10.9 Å². The summed E-state index contributed by atoms with van der Waals surface area (Å²) < 4.78 is 5.55. The number of H-pyrrole nitrogens is 1. The number of hydrogen-bond donors (Lipinski definition) is 3. The molecule has 18 heavy (non-hydrogen) atoms. The monoisotopic (exact) mass is 247 g/mol. The minimum Gasteiger partial charge on any atom is -0.491 e. The zero-order valence-electron chi connectivity index (χ0n) is 10.3. The predicted molar refractivity (Wildman–Crippen MR) is 68.7 cm³/mol. The molecule has 1 aliphatic rings. The number of ether oxygens (including phenoxy) is 1. The van der Waals surface area contributed by atoms with Crippen molar-refractivity contribution in [3.05, 3.63) is 23.4 Å². The van der Waals surface area contributed by atoms with E-state index in [1.165, 1.54) is 0 Å². The Hall–Kier alpha value is -1.59. The van der Waals surface area contributed by atoms with Crippen LogP contribution >= 0.6 is 0 Å². The van der Waals surface area contributed by atoms with Crippen LogP contribution in [-0.4, -0.2) is 34.1 Å². The first kappa shape index (κ1) is 11.5. The number of fused-ring (bicyclic) bond motifs is 3. The Balaban J connectivity index is 2.16. The summed E-state index contributed by atoms with van der Waals surface area (Å²) in [6.07, 6.45) is 0.905. The van der Waals surface area contributed by atoms with Crippen LogP contribution in [0.3, 0.4) is 0 Å². The predicted octanol–water partition coefficient (Wildman–Crippen LogP) is 0.748. The second-order valence-corrected chi connectivity index (χ2v) is 4.99. The van der Waals surface area contributed by atoms with Crippen LogP contribution in [-0.2, 0) is 12.8 Å². The third-order valence-electron chi connectivity index (χ3n) is 3.26. The first-order chi connectivity index (χ1) is 8.65. The number of aliphatic hydroxyl groups is 1. The zero-order valence-corrected chi connectivity index (χ0v) is 10.3. The molecule has 0 saturated heterocycles. The number of benzene rings is 1. The number of aromatic amines is 1. The van der Waals surface area contributed by atoms with Gasteiger partial charge in [-0.2, -0.15) is 5.10 Å². The van der Waals surface area contributed by atoms with Crippen molar-refractivity contribution in [3.8, 4) is 5.75 Å². The van der Waals surface area contributed by atoms with Crippen LogP contribution in [0.15, 0.2) is 12.1 Å². The van der Waals surface area contributed by atoms with Gasteiger partial charge in [0.15, 0.2) is 0 Å². The minimum atomic E-state index is -0.443. The molecule has 2 heterocycles. The van der Waals surface area contributed by atoms with Gasteiger partial charge in [0.2, 0.25) is 0 Å². The van der Waals surface area contributed by atoms with Gasteiger partial charge < -0.3 is 15.6 Å². The lowest BCUT2D eigenvalue weighted by molar-refractivity contribution is 0.0927. The Morgan fingerprint density at radius 1 is 1.61 bits per heavy atom. The molecule has 0 fully saturated rings. The molecule has 1 aliphatic heterocycles. The van der Waals surface area contributed by atoms with Gasteiger partial charge in [-0.05, 0) is 19.1 Å². The number of hydrogen-bond acceptors (Lipinski definition) is 4. The van der Waals surface area contributed by atoms with E-state index >= 15 is 0 Å². The Labute approximate surface area is 105 Å². The van der Waals surface area contributed by atoms with Gasteiger partial charge in [0.25, 0.3) is 0 Å². The molecule has 0 unspecified atom stereocenters. The maximum Gasteiger partial charge on any atom is 0.123 e. The molecule has 96 valence electrons. The fourth-order valence-electron chi connectivity index (χ4n) is 2.52. The summed E-state index contributed by atoms with van der Waals surface area (Å²) in [6.45, 7) is 2.33. The second-order valence-electron chi connectivity index (χ2n) is 4.99. The molecule has 1 aromatic carbocycles. The average Bonchev–Trinajstić information content (AvgIpc) is 2.72. The van der Waals surface area contributed by atoms with E-state index < -0.39 is 6.10 Å². The molecular formula is C13H17N3O2. The summed E-state index contributed by atoms with van der Waals surface area (Å²) in [6, 6.07) is 3.92. The topological polar surface area (TPSA) is 84.2 Å². The van der Waals surface area contributed by atoms with E-state index in [2.05, 4.69) is 10.2 Å². The lowest BCUT2D eigenvalue weighted by Crippen LogP contribution is -2.25. The van der Waals surface area contributed by atoms with Gasteiger partial charge in [-0.15, -0.1) is 0 Å². The number of aromatic nitrogens is 2. The Morgan fingerprint density at radius 2 is 2.44 bits per heavy atom. The maximum absolute atomic E-state index is 9.75. The third kappa shape index (κ3) is 1.85. The average molecular weight is 247 g/mol. The van der Waals surface area contributed by atoms with Crippen molar-refractivity contribution in [1.29, 1.82) is 0 Å². The molecule has 4 N–H and O–H groups in total. The molecule has 2 aromatic rings. The number of nitrogens with two attached hydrogens (primary N) is 1. The van der Waals surface area contributed by atoms with E-state index in [1.807, 2.05) is 19.1 Å². The normalized spacial score (nSPS) is 20.5. The van der Waals surface area contributed by atoms with Gasteiger partial charge in [0.05, 0.1) is 11.6 Å². The summed E-state index contributed by atoms with van der Waals surface area (Å²) in [7, 11) is 0. The molecule has 0 bridgehead atoms. The van der Waals surface area contributed by atoms with Gasteiger partial charge in [0, 0.05) is 35.5 Å². The highest BCUT2D eigenvalue weighted by atomic mass is 16.5. The first-order valence-corrected chi connectivity index (χ1v) is 6.20. The van der Waals surface area contributed by atoms with Crippen LogP contribution < -0.4 is 10.5 Å². The van der Waals surface area contributed by atoms with E-state index in [1.54, 1.807) is 0 Å². The molecule has 0 saturated carbocycles. The van der Waals surface area contributed by atoms with Crippen molar-refractivity contribution < 1.29 is 9.84 Å². The van der Waals surface area contributed by atoms with E-state index in [9.17, 15) is 5.11 Å². The third-order valence-corrected chi connectivity index (χ3v) is 3.26. The minimum absolute atomic E-state index is 0.0685. The van der Waals surface area contributed by atoms with Crippen LogP contribution in [0.1, 0.15) is 18.2 Å². The molecule has 3 rings (SSSR count). The van der Waals surface area contributed by atoms with Crippen LogP contribution in [0, 0.1) is 0 Å². The maximum atomic E-state index is 9.75. The molecule has 1 aromatic heterocycles. The summed E-state index contributed by atoms with van der Waals surface area (Å²) in [4.78, 5) is 0. The highest BCUT2D eigenvalue weighted by Gasteiger charge is 2.22. The van der Waals surface area contributed by atoms with Crippen molar-refractivity contribution in [3.63, 3.8) is 0 Å². The molecule has 5 heteroatoms. The number of nitrogens with zero attached hydrogens (tertiary/aromatic N) is 1. The largest absolute Gasteiger partial charge is 0.491 e. The highest BCUT2D eigenvalue weighted by Crippen LogP contribution is 2.33. The van der Waals surface area contributed by atoms with Crippen LogP contribution in [0.2, 0.25) is 0 Å². The van der Waals surface area contributed by atoms with Crippen molar-refractivity contribution >= 4 is 10.9 Å². The summed E-state index contributed by atoms with van der Waals surface area (Å²) in [5, 5.41) is 18.1. The Morgan fingerprint density at radius 3 is 3.22 bits per heavy atom. The van der Waals surface area contributed by atoms with Gasteiger partial charge >= 0.3 is 0 Å². The second kappa shape index (κ2) is 4.26. The van der Waals surface area contributed by atoms with Gasteiger partial charge in [-0.3, -0.25) is 5.10 Å². The van der Waals surface area contributed by atoms with Gasteiger partial charge in [-0.25, -0.2) is 0 Å². The van der Waals surface area contributed by atoms with E-state index in [-0.39, 0.29) is 6.04 Å². The Kier molecular flexibility index (Phi) is 2.72. The van der Waals surface area contributed by atoms with E-state index in [4.69, 9.17) is 10.5 Å². The molecule has 0 radical (unpaired) electrons. The smallest absolute Gasteiger partial charge is 0.123 e. The summed E-state index contributed by atoms with van der Waals surface area (Å²) >= 11 is 0. The molecule has 2 atom stereocenters. The lowest BCUT2D eigenvalue weighted by atomic mass is 9.97. The van der Waals surface area contributed by atoms with Crippen molar-refractivity contribution in [2.75, 3.05) is 6.61 Å². The zero-order chi connectivity index (χ0) is 12.7. The summed E-state index contributed by atoms with van der Waals surface area (Å²) in [5.41, 5.74) is 8.81. The van der Waals surface area contributed by atoms with E-state index in [0.717, 1.165) is 34.3 Å². The standard InChI is InChI=1S/C13H17N3O2/c1-7(14)4-11-13-9-5-8(17)6-18-12(9)3-2-10(13)15-16-11/h2-3,7-8,17H,4-6,14H2,1H3,(H,15,16)/t7-,8+/m0/s1. The van der Waals surface area contributed by atoms with E-state index in [0.29, 0.717) is 13.0 Å². The quantitative estimate of drug-likeness (QED) is 0.731. The fraction of sp³-hybridized carbons (Fsp3) is 0.462. The number of aliphatic hydroxyl groups excluding tert-OH is 1. The molecule has 0 aliphatic carbocycles. The Bertz CT molecular complexity index is 577. The van der Waals surface area contributed by atoms with Crippen molar-refractivity contribution in [2.24, 2.45) is 5.73 Å². The van der Waals surface area contributed by atoms with Crippen LogP contribution in [0.5, 0.6) is 5.75 Å². The SMILES string of the molecule is C[C@H](N)Cc1[nH]nc2ccc3c(c12)C[C@@H](O)CO3. The number of rotatable bonds is 2. The van der Waals surface area contributed by atoms with Gasteiger partial charge in [0.1, 0.15) is 12.4 Å². The fourth-order valence-corrected chi connectivity index (χ4v) is 2.52.